The van der Waals surface area contributed by atoms with Crippen molar-refractivity contribution in [3.63, 3.8) is 0 Å². The molecule has 0 unspecified atom stereocenters. The lowest BCUT2D eigenvalue weighted by Gasteiger charge is -2.13. The topological polar surface area (TPSA) is 76.7 Å². The van der Waals surface area contributed by atoms with Crippen LogP contribution in [0.5, 0.6) is 11.5 Å². The lowest BCUT2D eigenvalue weighted by atomic mass is 10.1. The second-order valence-electron chi connectivity index (χ2n) is 6.33. The molecule has 0 saturated carbocycles. The Morgan fingerprint density at radius 2 is 1.53 bits per heavy atom. The van der Waals surface area contributed by atoms with Gasteiger partial charge in [0.25, 0.3) is 11.8 Å². The Kier molecular flexibility index (Phi) is 7.86. The second kappa shape index (κ2) is 11.0. The van der Waals surface area contributed by atoms with Gasteiger partial charge >= 0.3 is 0 Å². The smallest absolute Gasteiger partial charge is 0.276 e. The van der Waals surface area contributed by atoms with Crippen LogP contribution in [0.3, 0.4) is 0 Å². The van der Waals surface area contributed by atoms with E-state index >= 15 is 0 Å². The fourth-order valence-corrected chi connectivity index (χ4v) is 2.99. The van der Waals surface area contributed by atoms with Gasteiger partial charge in [0.1, 0.15) is 11.5 Å². The molecule has 0 saturated heterocycles. The minimum atomic E-state index is -0.487. The number of nitrogens with one attached hydrogen (secondary N) is 2. The summed E-state index contributed by atoms with van der Waals surface area (Å²) in [6.07, 6.45) is 0.714. The molecule has 154 valence electrons. The van der Waals surface area contributed by atoms with Crippen molar-refractivity contribution in [2.24, 2.45) is 0 Å². The van der Waals surface area contributed by atoms with Gasteiger partial charge in [0.2, 0.25) is 0 Å². The molecule has 3 aromatic rings. The van der Waals surface area contributed by atoms with Gasteiger partial charge in [-0.2, -0.15) is 0 Å². The number of hydrazine groups is 1. The Bertz CT molecular complexity index is 981. The molecular formula is C23H21BrN2O4. The molecule has 6 nitrogen and oxygen atoms in total. The SMILES string of the molecule is O=C(COc1ccccc1)NNC(=O)c1cc(Br)ccc1OCCc1ccccc1. The molecule has 0 bridgehead atoms. The van der Waals surface area contributed by atoms with Crippen molar-refractivity contribution in [1.82, 2.24) is 10.9 Å². The van der Waals surface area contributed by atoms with Crippen LogP contribution in [0, 0.1) is 0 Å². The van der Waals surface area contributed by atoms with E-state index in [0.717, 1.165) is 10.0 Å². The maximum absolute atomic E-state index is 12.6. The summed E-state index contributed by atoms with van der Waals surface area (Å²) in [4.78, 5) is 24.5. The minimum Gasteiger partial charge on any atom is -0.492 e. The van der Waals surface area contributed by atoms with Crippen molar-refractivity contribution >= 4 is 27.7 Å². The monoisotopic (exact) mass is 468 g/mol. The highest BCUT2D eigenvalue weighted by atomic mass is 79.9. The fourth-order valence-electron chi connectivity index (χ4n) is 2.62. The van der Waals surface area contributed by atoms with Gasteiger partial charge in [-0.1, -0.05) is 64.5 Å². The van der Waals surface area contributed by atoms with Crippen molar-refractivity contribution < 1.29 is 19.1 Å². The average molecular weight is 469 g/mol. The highest BCUT2D eigenvalue weighted by molar-refractivity contribution is 9.10. The van der Waals surface area contributed by atoms with E-state index in [-0.39, 0.29) is 6.61 Å². The average Bonchev–Trinajstić information content (AvgIpc) is 2.78. The summed E-state index contributed by atoms with van der Waals surface area (Å²) in [6.45, 7) is 0.201. The summed E-state index contributed by atoms with van der Waals surface area (Å²) in [5.41, 5.74) is 6.19. The Hall–Kier alpha value is -3.32. The minimum absolute atomic E-state index is 0.219. The van der Waals surface area contributed by atoms with E-state index in [1.165, 1.54) is 0 Å². The van der Waals surface area contributed by atoms with Gasteiger partial charge < -0.3 is 9.47 Å². The molecule has 0 heterocycles. The fraction of sp³-hybridized carbons (Fsp3) is 0.130. The standard InChI is InChI=1S/C23H21BrN2O4/c24-18-11-12-21(29-14-13-17-7-3-1-4-8-17)20(15-18)23(28)26-25-22(27)16-30-19-9-5-2-6-10-19/h1-12,15H,13-14,16H2,(H,25,27)(H,26,28). The Balaban J connectivity index is 1.52. The molecule has 0 spiro atoms. The number of hydrogen-bond acceptors (Lipinski definition) is 4. The van der Waals surface area contributed by atoms with Crippen molar-refractivity contribution in [2.45, 2.75) is 6.42 Å². The molecule has 0 atom stereocenters. The van der Waals surface area contributed by atoms with Crippen LogP contribution in [-0.2, 0) is 11.2 Å². The molecule has 2 amide bonds. The largest absolute Gasteiger partial charge is 0.492 e. The first kappa shape index (κ1) is 21.4. The van der Waals surface area contributed by atoms with Crippen LogP contribution >= 0.6 is 15.9 Å². The van der Waals surface area contributed by atoms with Crippen molar-refractivity contribution in [3.8, 4) is 11.5 Å². The van der Waals surface area contributed by atoms with Crippen molar-refractivity contribution in [3.05, 3.63) is 94.5 Å². The third kappa shape index (κ3) is 6.63. The molecular weight excluding hydrogens is 448 g/mol. The third-order valence-electron chi connectivity index (χ3n) is 4.11. The number of benzene rings is 3. The number of halogens is 1. The number of para-hydroxylation sites is 1. The predicted octanol–water partition coefficient (Wildman–Crippen LogP) is 3.91. The summed E-state index contributed by atoms with van der Waals surface area (Å²) in [5.74, 6) is 0.0364. The lowest BCUT2D eigenvalue weighted by Crippen LogP contribution is -2.44. The summed E-state index contributed by atoms with van der Waals surface area (Å²) in [5, 5.41) is 0. The molecule has 0 fully saturated rings. The maximum atomic E-state index is 12.6. The number of carbonyl (C=O) groups is 2. The van der Waals surface area contributed by atoms with Gasteiger partial charge in [-0.25, -0.2) is 0 Å². The zero-order valence-electron chi connectivity index (χ0n) is 16.1. The molecule has 0 aliphatic rings. The first-order chi connectivity index (χ1) is 14.6. The molecule has 0 aliphatic carbocycles. The first-order valence-electron chi connectivity index (χ1n) is 9.35. The van der Waals surface area contributed by atoms with Crippen LogP contribution in [0.2, 0.25) is 0 Å². The van der Waals surface area contributed by atoms with Crippen LogP contribution < -0.4 is 20.3 Å². The molecule has 3 aromatic carbocycles. The number of rotatable bonds is 8. The van der Waals surface area contributed by atoms with E-state index in [1.807, 2.05) is 48.5 Å². The van der Waals surface area contributed by atoms with E-state index in [2.05, 4.69) is 26.8 Å². The quantitative estimate of drug-likeness (QED) is 0.491. The van der Waals surface area contributed by atoms with E-state index in [4.69, 9.17) is 9.47 Å². The van der Waals surface area contributed by atoms with Crippen LogP contribution in [0.25, 0.3) is 0 Å². The molecule has 7 heteroatoms. The summed E-state index contributed by atoms with van der Waals surface area (Å²) < 4.78 is 11.9. The van der Waals surface area contributed by atoms with E-state index < -0.39 is 11.8 Å². The third-order valence-corrected chi connectivity index (χ3v) is 4.60. The van der Waals surface area contributed by atoms with Gasteiger partial charge in [-0.05, 0) is 35.9 Å². The van der Waals surface area contributed by atoms with Gasteiger partial charge in [0.15, 0.2) is 6.61 Å². The zero-order chi connectivity index (χ0) is 21.2. The van der Waals surface area contributed by atoms with Crippen LogP contribution in [0.15, 0.2) is 83.3 Å². The molecule has 30 heavy (non-hydrogen) atoms. The number of hydrogen-bond donors (Lipinski definition) is 2. The number of ether oxygens (including phenoxy) is 2. The van der Waals surface area contributed by atoms with Crippen molar-refractivity contribution in [2.75, 3.05) is 13.2 Å². The van der Waals surface area contributed by atoms with Gasteiger partial charge in [0, 0.05) is 10.9 Å². The molecule has 0 radical (unpaired) electrons. The zero-order valence-corrected chi connectivity index (χ0v) is 17.7. The maximum Gasteiger partial charge on any atom is 0.276 e. The predicted molar refractivity (Wildman–Crippen MR) is 117 cm³/mol. The van der Waals surface area contributed by atoms with Gasteiger partial charge in [-0.15, -0.1) is 0 Å². The highest BCUT2D eigenvalue weighted by Crippen LogP contribution is 2.23. The molecule has 0 aliphatic heterocycles. The molecule has 2 N–H and O–H groups in total. The van der Waals surface area contributed by atoms with Crippen molar-refractivity contribution in [1.29, 1.82) is 0 Å². The van der Waals surface area contributed by atoms with Crippen LogP contribution in [0.1, 0.15) is 15.9 Å². The molecule has 3 rings (SSSR count). The van der Waals surface area contributed by atoms with E-state index in [9.17, 15) is 9.59 Å². The molecule has 0 aromatic heterocycles. The van der Waals surface area contributed by atoms with Crippen LogP contribution in [0.4, 0.5) is 0 Å². The van der Waals surface area contributed by atoms with Gasteiger partial charge in [0.05, 0.1) is 12.2 Å². The highest BCUT2D eigenvalue weighted by Gasteiger charge is 2.14. The second-order valence-corrected chi connectivity index (χ2v) is 7.24. The lowest BCUT2D eigenvalue weighted by molar-refractivity contribution is -0.123. The Labute approximate surface area is 183 Å². The van der Waals surface area contributed by atoms with Gasteiger partial charge in [-0.3, -0.25) is 20.4 Å². The van der Waals surface area contributed by atoms with E-state index in [1.54, 1.807) is 30.3 Å². The Morgan fingerprint density at radius 3 is 2.27 bits per heavy atom. The number of amides is 2. The first-order valence-corrected chi connectivity index (χ1v) is 10.1. The van der Waals surface area contributed by atoms with Crippen LogP contribution in [-0.4, -0.2) is 25.0 Å². The Morgan fingerprint density at radius 1 is 0.833 bits per heavy atom. The number of carbonyl (C=O) groups excluding carboxylic acids is 2. The van der Waals surface area contributed by atoms with E-state index in [0.29, 0.717) is 30.1 Å². The normalized spacial score (nSPS) is 10.2. The summed E-state index contributed by atoms with van der Waals surface area (Å²) in [7, 11) is 0. The summed E-state index contributed by atoms with van der Waals surface area (Å²) in [6, 6.07) is 24.0. The summed E-state index contributed by atoms with van der Waals surface area (Å²) >= 11 is 3.36.